The van der Waals surface area contributed by atoms with Crippen molar-refractivity contribution in [3.05, 3.63) is 52.9 Å². The highest BCUT2D eigenvalue weighted by molar-refractivity contribution is 5.20. The summed E-state index contributed by atoms with van der Waals surface area (Å²) in [6.45, 7) is 7.29. The standard InChI is InChI=1S/C15H19F2N3/c1-10(2)18-7-13-9-20(19-11(13)3)8-12-4-5-14(16)15(17)6-12/h4-6,9-10,18H,7-8H2,1-3H3. The van der Waals surface area contributed by atoms with Crippen molar-refractivity contribution in [2.45, 2.75) is 39.9 Å². The molecule has 0 spiro atoms. The number of aryl methyl sites for hydroxylation is 1. The van der Waals surface area contributed by atoms with Crippen molar-refractivity contribution in [1.82, 2.24) is 15.1 Å². The van der Waals surface area contributed by atoms with Crippen molar-refractivity contribution in [3.63, 3.8) is 0 Å². The Kier molecular flexibility index (Phi) is 4.49. The lowest BCUT2D eigenvalue weighted by Crippen LogP contribution is -2.21. The Bertz CT molecular complexity index is 591. The molecule has 0 unspecified atom stereocenters. The third-order valence-corrected chi connectivity index (χ3v) is 3.08. The van der Waals surface area contributed by atoms with Crippen molar-refractivity contribution in [3.8, 4) is 0 Å². The first-order chi connectivity index (χ1) is 9.45. The van der Waals surface area contributed by atoms with Crippen molar-refractivity contribution in [2.24, 2.45) is 0 Å². The SMILES string of the molecule is Cc1nn(Cc2ccc(F)c(F)c2)cc1CNC(C)C. The number of hydrogen-bond acceptors (Lipinski definition) is 2. The molecule has 2 rings (SSSR count). The van der Waals surface area contributed by atoms with Crippen LogP contribution in [0.3, 0.4) is 0 Å². The first kappa shape index (κ1) is 14.7. The van der Waals surface area contributed by atoms with Gasteiger partial charge in [0, 0.05) is 24.3 Å². The maximum atomic E-state index is 13.2. The molecule has 1 aromatic carbocycles. The van der Waals surface area contributed by atoms with E-state index in [2.05, 4.69) is 24.3 Å². The summed E-state index contributed by atoms with van der Waals surface area (Å²) in [5, 5.41) is 7.73. The minimum atomic E-state index is -0.827. The average Bonchev–Trinajstić information content (AvgIpc) is 2.72. The van der Waals surface area contributed by atoms with Crippen LogP contribution in [0.4, 0.5) is 8.78 Å². The fourth-order valence-electron chi connectivity index (χ4n) is 1.95. The summed E-state index contributed by atoms with van der Waals surface area (Å²) in [6.07, 6.45) is 1.94. The Morgan fingerprint density at radius 2 is 2.00 bits per heavy atom. The quantitative estimate of drug-likeness (QED) is 0.911. The molecular weight excluding hydrogens is 260 g/mol. The summed E-state index contributed by atoms with van der Waals surface area (Å²) in [6, 6.07) is 4.33. The van der Waals surface area contributed by atoms with Crippen LogP contribution < -0.4 is 5.32 Å². The van der Waals surface area contributed by atoms with Gasteiger partial charge >= 0.3 is 0 Å². The Hall–Kier alpha value is -1.75. The van der Waals surface area contributed by atoms with Crippen LogP contribution in [0.25, 0.3) is 0 Å². The highest BCUT2D eigenvalue weighted by Crippen LogP contribution is 2.12. The van der Waals surface area contributed by atoms with E-state index in [1.807, 2.05) is 13.1 Å². The summed E-state index contributed by atoms with van der Waals surface area (Å²) < 4.78 is 27.8. The molecule has 0 aliphatic carbocycles. The molecule has 0 atom stereocenters. The molecule has 108 valence electrons. The van der Waals surface area contributed by atoms with Crippen LogP contribution in [0.5, 0.6) is 0 Å². The lowest BCUT2D eigenvalue weighted by atomic mass is 10.2. The first-order valence-electron chi connectivity index (χ1n) is 6.66. The largest absolute Gasteiger partial charge is 0.310 e. The molecule has 0 bridgehead atoms. The van der Waals surface area contributed by atoms with E-state index in [-0.39, 0.29) is 0 Å². The second-order valence-electron chi connectivity index (χ2n) is 5.22. The van der Waals surface area contributed by atoms with Crippen LogP contribution in [0.1, 0.15) is 30.7 Å². The van der Waals surface area contributed by atoms with Crippen LogP contribution in [0.2, 0.25) is 0 Å². The monoisotopic (exact) mass is 279 g/mol. The molecule has 1 heterocycles. The number of benzene rings is 1. The van der Waals surface area contributed by atoms with Gasteiger partial charge in [-0.1, -0.05) is 19.9 Å². The maximum absolute atomic E-state index is 13.2. The van der Waals surface area contributed by atoms with Gasteiger partial charge in [-0.05, 0) is 24.6 Å². The van der Waals surface area contributed by atoms with Gasteiger partial charge in [0.25, 0.3) is 0 Å². The summed E-state index contributed by atoms with van der Waals surface area (Å²) in [5.41, 5.74) is 2.75. The normalized spacial score (nSPS) is 11.3. The highest BCUT2D eigenvalue weighted by Gasteiger charge is 2.07. The Balaban J connectivity index is 2.09. The van der Waals surface area contributed by atoms with E-state index in [0.29, 0.717) is 18.2 Å². The second kappa shape index (κ2) is 6.13. The van der Waals surface area contributed by atoms with Crippen LogP contribution in [-0.2, 0) is 13.1 Å². The zero-order valence-corrected chi connectivity index (χ0v) is 12.0. The third kappa shape index (κ3) is 3.63. The van der Waals surface area contributed by atoms with Crippen LogP contribution in [0, 0.1) is 18.6 Å². The van der Waals surface area contributed by atoms with E-state index in [1.54, 1.807) is 10.7 Å². The van der Waals surface area contributed by atoms with Crippen LogP contribution in [-0.4, -0.2) is 15.8 Å². The van der Waals surface area contributed by atoms with Gasteiger partial charge in [-0.25, -0.2) is 8.78 Å². The predicted molar refractivity (Wildman–Crippen MR) is 74.4 cm³/mol. The first-order valence-corrected chi connectivity index (χ1v) is 6.66. The summed E-state index contributed by atoms with van der Waals surface area (Å²) in [5.74, 6) is -1.65. The van der Waals surface area contributed by atoms with Crippen molar-refractivity contribution < 1.29 is 8.78 Å². The minimum Gasteiger partial charge on any atom is -0.310 e. The second-order valence-corrected chi connectivity index (χ2v) is 5.22. The molecule has 0 radical (unpaired) electrons. The van der Waals surface area contributed by atoms with E-state index < -0.39 is 11.6 Å². The molecule has 0 aliphatic heterocycles. The zero-order chi connectivity index (χ0) is 14.7. The smallest absolute Gasteiger partial charge is 0.159 e. The van der Waals surface area contributed by atoms with Crippen molar-refractivity contribution >= 4 is 0 Å². The van der Waals surface area contributed by atoms with Gasteiger partial charge in [-0.15, -0.1) is 0 Å². The molecule has 20 heavy (non-hydrogen) atoms. The molecular formula is C15H19F2N3. The summed E-state index contributed by atoms with van der Waals surface area (Å²) >= 11 is 0. The minimum absolute atomic E-state index is 0.406. The van der Waals surface area contributed by atoms with E-state index in [1.165, 1.54) is 6.07 Å². The molecule has 0 aliphatic rings. The Morgan fingerprint density at radius 1 is 1.25 bits per heavy atom. The van der Waals surface area contributed by atoms with E-state index >= 15 is 0 Å². The maximum Gasteiger partial charge on any atom is 0.159 e. The van der Waals surface area contributed by atoms with Crippen LogP contribution in [0.15, 0.2) is 24.4 Å². The molecule has 0 fully saturated rings. The van der Waals surface area contributed by atoms with Gasteiger partial charge in [-0.2, -0.15) is 5.10 Å². The Morgan fingerprint density at radius 3 is 2.65 bits per heavy atom. The number of nitrogens with one attached hydrogen (secondary N) is 1. The molecule has 5 heteroatoms. The lowest BCUT2D eigenvalue weighted by molar-refractivity contribution is 0.505. The van der Waals surface area contributed by atoms with Crippen molar-refractivity contribution in [1.29, 1.82) is 0 Å². The van der Waals surface area contributed by atoms with E-state index in [9.17, 15) is 8.78 Å². The molecule has 0 saturated carbocycles. The Labute approximate surface area is 117 Å². The van der Waals surface area contributed by atoms with Gasteiger partial charge in [-0.3, -0.25) is 4.68 Å². The van der Waals surface area contributed by atoms with Gasteiger partial charge in [0.2, 0.25) is 0 Å². The molecule has 3 nitrogen and oxygen atoms in total. The van der Waals surface area contributed by atoms with E-state index in [0.717, 1.165) is 23.9 Å². The molecule has 2 aromatic rings. The van der Waals surface area contributed by atoms with Gasteiger partial charge in [0.15, 0.2) is 11.6 Å². The van der Waals surface area contributed by atoms with Gasteiger partial charge in [0.05, 0.1) is 12.2 Å². The van der Waals surface area contributed by atoms with Crippen molar-refractivity contribution in [2.75, 3.05) is 0 Å². The summed E-state index contributed by atoms with van der Waals surface area (Å²) in [4.78, 5) is 0. The van der Waals surface area contributed by atoms with Crippen LogP contribution >= 0.6 is 0 Å². The average molecular weight is 279 g/mol. The van der Waals surface area contributed by atoms with Gasteiger partial charge in [0.1, 0.15) is 0 Å². The summed E-state index contributed by atoms with van der Waals surface area (Å²) in [7, 11) is 0. The topological polar surface area (TPSA) is 29.9 Å². The number of nitrogens with zero attached hydrogens (tertiary/aromatic N) is 2. The number of rotatable bonds is 5. The molecule has 0 amide bonds. The predicted octanol–water partition coefficient (Wildman–Crippen LogP) is 3.02. The fourth-order valence-corrected chi connectivity index (χ4v) is 1.95. The third-order valence-electron chi connectivity index (χ3n) is 3.08. The highest BCUT2D eigenvalue weighted by atomic mass is 19.2. The molecule has 1 N–H and O–H groups in total. The zero-order valence-electron chi connectivity index (χ0n) is 12.0. The van der Waals surface area contributed by atoms with Gasteiger partial charge < -0.3 is 5.32 Å². The molecule has 0 saturated heterocycles. The number of halogens is 2. The number of aromatic nitrogens is 2. The number of hydrogen-bond donors (Lipinski definition) is 1. The van der Waals surface area contributed by atoms with E-state index in [4.69, 9.17) is 0 Å². The fraction of sp³-hybridized carbons (Fsp3) is 0.400. The molecule has 1 aromatic heterocycles. The lowest BCUT2D eigenvalue weighted by Gasteiger charge is -2.06.